The predicted molar refractivity (Wildman–Crippen MR) is 101 cm³/mol. The van der Waals surface area contributed by atoms with Gasteiger partial charge in [0.05, 0.1) is 13.0 Å². The lowest BCUT2D eigenvalue weighted by atomic mass is 10.1. The van der Waals surface area contributed by atoms with Crippen LogP contribution in [0.3, 0.4) is 0 Å². The average molecular weight is 341 g/mol. The zero-order chi connectivity index (χ0) is 18.3. The van der Waals surface area contributed by atoms with E-state index in [-0.39, 0.29) is 11.5 Å². The molecule has 4 nitrogen and oxygen atoms in total. The zero-order valence-corrected chi connectivity index (χ0v) is 15.5. The first-order valence-electron chi connectivity index (χ1n) is 8.66. The Balaban J connectivity index is 1.87. The van der Waals surface area contributed by atoms with Crippen molar-refractivity contribution in [3.8, 4) is 11.5 Å². The molecule has 0 heterocycles. The molecular weight excluding hydrogens is 314 g/mol. The van der Waals surface area contributed by atoms with E-state index in [9.17, 15) is 4.79 Å². The summed E-state index contributed by atoms with van der Waals surface area (Å²) in [5, 5.41) is 2.90. The van der Waals surface area contributed by atoms with Crippen LogP contribution in [0.25, 0.3) is 0 Å². The minimum absolute atomic E-state index is 0.0493. The topological polar surface area (TPSA) is 47.6 Å². The summed E-state index contributed by atoms with van der Waals surface area (Å²) in [5.74, 6) is 1.57. The van der Waals surface area contributed by atoms with Crippen molar-refractivity contribution in [1.29, 1.82) is 0 Å². The number of rotatable bonds is 7. The standard InChI is InChI=1S/C21H27NO3/c1-5-14-24-18-12-8-17(9-13-18)22-20(23)15-16-6-10-19(11-7-16)25-21(2,3)4/h6-13H,5,14-15H2,1-4H3,(H,22,23). The molecule has 0 radical (unpaired) electrons. The molecule has 4 heteroatoms. The van der Waals surface area contributed by atoms with E-state index in [4.69, 9.17) is 9.47 Å². The molecule has 0 aliphatic heterocycles. The van der Waals surface area contributed by atoms with Crippen LogP contribution in [0.2, 0.25) is 0 Å². The molecule has 25 heavy (non-hydrogen) atoms. The van der Waals surface area contributed by atoms with Crippen molar-refractivity contribution in [3.63, 3.8) is 0 Å². The van der Waals surface area contributed by atoms with Crippen molar-refractivity contribution in [2.75, 3.05) is 11.9 Å². The molecule has 0 bridgehead atoms. The molecule has 0 aromatic heterocycles. The number of anilines is 1. The van der Waals surface area contributed by atoms with Crippen LogP contribution in [0.15, 0.2) is 48.5 Å². The van der Waals surface area contributed by atoms with Gasteiger partial charge in [-0.15, -0.1) is 0 Å². The number of carbonyl (C=O) groups excluding carboxylic acids is 1. The minimum Gasteiger partial charge on any atom is -0.494 e. The highest BCUT2D eigenvalue weighted by Crippen LogP contribution is 2.19. The van der Waals surface area contributed by atoms with Gasteiger partial charge in [-0.1, -0.05) is 19.1 Å². The third kappa shape index (κ3) is 6.87. The van der Waals surface area contributed by atoms with Gasteiger partial charge < -0.3 is 14.8 Å². The van der Waals surface area contributed by atoms with Gasteiger partial charge in [-0.2, -0.15) is 0 Å². The first-order valence-corrected chi connectivity index (χ1v) is 8.66. The van der Waals surface area contributed by atoms with Crippen molar-refractivity contribution in [1.82, 2.24) is 0 Å². The molecule has 0 atom stereocenters. The van der Waals surface area contributed by atoms with Gasteiger partial charge in [0.15, 0.2) is 0 Å². The Kier molecular flexibility index (Phi) is 6.45. The van der Waals surface area contributed by atoms with Crippen LogP contribution in [-0.4, -0.2) is 18.1 Å². The summed E-state index contributed by atoms with van der Waals surface area (Å²) in [6.45, 7) is 8.78. The quantitative estimate of drug-likeness (QED) is 0.784. The van der Waals surface area contributed by atoms with E-state index in [0.29, 0.717) is 13.0 Å². The largest absolute Gasteiger partial charge is 0.494 e. The Morgan fingerprint density at radius 3 is 2.12 bits per heavy atom. The van der Waals surface area contributed by atoms with Crippen LogP contribution >= 0.6 is 0 Å². The summed E-state index contributed by atoms with van der Waals surface area (Å²) < 4.78 is 11.3. The lowest BCUT2D eigenvalue weighted by molar-refractivity contribution is -0.115. The van der Waals surface area contributed by atoms with Gasteiger partial charge in [0.2, 0.25) is 5.91 Å². The Morgan fingerprint density at radius 2 is 1.56 bits per heavy atom. The molecule has 1 N–H and O–H groups in total. The highest BCUT2D eigenvalue weighted by molar-refractivity contribution is 5.92. The monoisotopic (exact) mass is 341 g/mol. The van der Waals surface area contributed by atoms with E-state index in [2.05, 4.69) is 12.2 Å². The fourth-order valence-corrected chi connectivity index (χ4v) is 2.27. The van der Waals surface area contributed by atoms with E-state index in [1.807, 2.05) is 69.3 Å². The Labute approximate surface area is 150 Å². The fourth-order valence-electron chi connectivity index (χ4n) is 2.27. The summed E-state index contributed by atoms with van der Waals surface area (Å²) in [5.41, 5.74) is 1.48. The number of carbonyl (C=O) groups is 1. The maximum atomic E-state index is 12.2. The first kappa shape index (κ1) is 18.8. The molecule has 0 aliphatic carbocycles. The number of nitrogens with one attached hydrogen (secondary N) is 1. The van der Waals surface area contributed by atoms with Gasteiger partial charge in [-0.3, -0.25) is 4.79 Å². The molecule has 0 saturated heterocycles. The second-order valence-electron chi connectivity index (χ2n) is 6.96. The first-order chi connectivity index (χ1) is 11.9. The van der Waals surface area contributed by atoms with E-state index in [1.165, 1.54) is 0 Å². The van der Waals surface area contributed by atoms with Crippen molar-refractivity contribution in [3.05, 3.63) is 54.1 Å². The smallest absolute Gasteiger partial charge is 0.228 e. The molecule has 0 unspecified atom stereocenters. The van der Waals surface area contributed by atoms with Crippen molar-refractivity contribution in [2.24, 2.45) is 0 Å². The predicted octanol–water partition coefficient (Wildman–Crippen LogP) is 4.83. The highest BCUT2D eigenvalue weighted by atomic mass is 16.5. The molecule has 2 rings (SSSR count). The average Bonchev–Trinajstić information content (AvgIpc) is 2.55. The van der Waals surface area contributed by atoms with Crippen molar-refractivity contribution in [2.45, 2.75) is 46.1 Å². The number of ether oxygens (including phenoxy) is 2. The van der Waals surface area contributed by atoms with Gasteiger partial charge >= 0.3 is 0 Å². The lowest BCUT2D eigenvalue weighted by Gasteiger charge is -2.21. The number of benzene rings is 2. The Morgan fingerprint density at radius 1 is 0.960 bits per heavy atom. The number of hydrogen-bond donors (Lipinski definition) is 1. The van der Waals surface area contributed by atoms with Gasteiger partial charge in [0.25, 0.3) is 0 Å². The normalized spacial score (nSPS) is 11.0. The van der Waals surface area contributed by atoms with E-state index >= 15 is 0 Å². The molecule has 134 valence electrons. The van der Waals surface area contributed by atoms with E-state index in [0.717, 1.165) is 29.2 Å². The SMILES string of the molecule is CCCOc1ccc(NC(=O)Cc2ccc(OC(C)(C)C)cc2)cc1. The molecule has 2 aromatic rings. The summed E-state index contributed by atoms with van der Waals surface area (Å²) in [6.07, 6.45) is 1.29. The molecule has 0 spiro atoms. The maximum Gasteiger partial charge on any atom is 0.228 e. The molecule has 2 aromatic carbocycles. The van der Waals surface area contributed by atoms with Crippen LogP contribution in [-0.2, 0) is 11.2 Å². The van der Waals surface area contributed by atoms with Crippen LogP contribution in [0.4, 0.5) is 5.69 Å². The maximum absolute atomic E-state index is 12.2. The van der Waals surface area contributed by atoms with Gasteiger partial charge in [0.1, 0.15) is 17.1 Å². The number of amides is 1. The summed E-state index contributed by atoms with van der Waals surface area (Å²) in [7, 11) is 0. The number of hydrogen-bond acceptors (Lipinski definition) is 3. The van der Waals surface area contributed by atoms with Gasteiger partial charge in [-0.05, 0) is 69.2 Å². The summed E-state index contributed by atoms with van der Waals surface area (Å²) in [4.78, 5) is 12.2. The summed E-state index contributed by atoms with van der Waals surface area (Å²) >= 11 is 0. The second-order valence-corrected chi connectivity index (χ2v) is 6.96. The molecule has 0 aliphatic rings. The Bertz CT molecular complexity index is 670. The molecule has 0 saturated carbocycles. The van der Waals surface area contributed by atoms with Crippen molar-refractivity contribution < 1.29 is 14.3 Å². The Hall–Kier alpha value is -2.49. The van der Waals surface area contributed by atoms with Crippen molar-refractivity contribution >= 4 is 11.6 Å². The third-order valence-corrected chi connectivity index (χ3v) is 3.32. The van der Waals surface area contributed by atoms with Gasteiger partial charge in [0, 0.05) is 5.69 Å². The van der Waals surface area contributed by atoms with Crippen LogP contribution in [0.5, 0.6) is 11.5 Å². The van der Waals surface area contributed by atoms with Crippen LogP contribution < -0.4 is 14.8 Å². The third-order valence-electron chi connectivity index (χ3n) is 3.32. The summed E-state index contributed by atoms with van der Waals surface area (Å²) in [6, 6.07) is 15.1. The molecule has 1 amide bonds. The van der Waals surface area contributed by atoms with Gasteiger partial charge in [-0.25, -0.2) is 0 Å². The van der Waals surface area contributed by atoms with Crippen LogP contribution in [0, 0.1) is 0 Å². The van der Waals surface area contributed by atoms with Crippen LogP contribution in [0.1, 0.15) is 39.7 Å². The molecule has 0 fully saturated rings. The van der Waals surface area contributed by atoms with E-state index in [1.54, 1.807) is 0 Å². The molecular formula is C21H27NO3. The highest BCUT2D eigenvalue weighted by Gasteiger charge is 2.12. The zero-order valence-electron chi connectivity index (χ0n) is 15.5. The second kappa shape index (κ2) is 8.56. The minimum atomic E-state index is -0.230. The fraction of sp³-hybridized carbons (Fsp3) is 0.381. The van der Waals surface area contributed by atoms with E-state index < -0.39 is 0 Å². The lowest BCUT2D eigenvalue weighted by Crippen LogP contribution is -2.22.